The highest BCUT2D eigenvalue weighted by molar-refractivity contribution is 6.64. The van der Waals surface area contributed by atoms with Gasteiger partial charge in [-0.05, 0) is 35.6 Å². The van der Waals surface area contributed by atoms with Crippen LogP contribution >= 0.6 is 11.6 Å². The van der Waals surface area contributed by atoms with Crippen molar-refractivity contribution in [1.29, 1.82) is 0 Å². The first-order valence-electron chi connectivity index (χ1n) is 6.21. The van der Waals surface area contributed by atoms with Gasteiger partial charge >= 0.3 is 0 Å². The van der Waals surface area contributed by atoms with E-state index in [-0.39, 0.29) is 6.10 Å². The van der Waals surface area contributed by atoms with E-state index >= 15 is 0 Å². The van der Waals surface area contributed by atoms with E-state index in [0.717, 1.165) is 24.0 Å². The first kappa shape index (κ1) is 12.5. The van der Waals surface area contributed by atoms with Crippen molar-refractivity contribution in [2.24, 2.45) is 0 Å². The maximum absolute atomic E-state index is 11.3. The van der Waals surface area contributed by atoms with Gasteiger partial charge in [-0.15, -0.1) is 0 Å². The third-order valence-electron chi connectivity index (χ3n) is 3.31. The summed E-state index contributed by atoms with van der Waals surface area (Å²) >= 11 is 5.49. The van der Waals surface area contributed by atoms with Gasteiger partial charge in [-0.2, -0.15) is 0 Å². The fourth-order valence-electron chi connectivity index (χ4n) is 2.43. The molecule has 0 saturated carbocycles. The van der Waals surface area contributed by atoms with Gasteiger partial charge in [0.25, 0.3) is 11.5 Å². The molecule has 1 aliphatic heterocycles. The number of allylic oxidation sites excluding steroid dienone is 6. The Morgan fingerprint density at radius 3 is 3.05 bits per heavy atom. The van der Waals surface area contributed by atoms with Crippen molar-refractivity contribution in [3.63, 3.8) is 0 Å². The highest BCUT2D eigenvalue weighted by Crippen LogP contribution is 2.33. The molecule has 4 heteroatoms. The number of halogens is 1. The molecule has 3 rings (SSSR count). The molecule has 0 amide bonds. The molecule has 3 nitrogen and oxygen atoms in total. The summed E-state index contributed by atoms with van der Waals surface area (Å²) < 4.78 is 11.0. The lowest BCUT2D eigenvalue weighted by Gasteiger charge is -2.28. The molecule has 0 radical (unpaired) electrons. The Bertz CT molecular complexity index is 552. The average Bonchev–Trinajstić information content (AvgIpc) is 2.41. The monoisotopic (exact) mass is 276 g/mol. The quantitative estimate of drug-likeness (QED) is 0.690. The van der Waals surface area contributed by atoms with Crippen LogP contribution in [0.4, 0.5) is 0 Å². The van der Waals surface area contributed by atoms with Crippen molar-refractivity contribution in [3.8, 4) is 0 Å². The van der Waals surface area contributed by atoms with Crippen molar-refractivity contribution in [2.75, 3.05) is 0 Å². The van der Waals surface area contributed by atoms with Crippen LogP contribution in [0.25, 0.3) is 0 Å². The first-order chi connectivity index (χ1) is 9.25. The minimum atomic E-state index is -1.07. The van der Waals surface area contributed by atoms with E-state index in [1.807, 2.05) is 30.4 Å². The molecule has 2 aliphatic carbocycles. The van der Waals surface area contributed by atoms with E-state index in [1.165, 1.54) is 5.57 Å². The van der Waals surface area contributed by atoms with Gasteiger partial charge in [0.2, 0.25) is 0 Å². The molecular formula is C15H13ClO3. The molecule has 0 saturated heterocycles. The number of hydrogen-bond donors (Lipinski definition) is 0. The van der Waals surface area contributed by atoms with Crippen LogP contribution in [0.5, 0.6) is 0 Å². The lowest BCUT2D eigenvalue weighted by molar-refractivity contribution is -0.153. The van der Waals surface area contributed by atoms with Crippen molar-refractivity contribution in [3.05, 3.63) is 59.4 Å². The zero-order valence-electron chi connectivity index (χ0n) is 10.2. The van der Waals surface area contributed by atoms with Crippen LogP contribution in [-0.4, -0.2) is 17.6 Å². The second-order valence-corrected chi connectivity index (χ2v) is 4.89. The summed E-state index contributed by atoms with van der Waals surface area (Å²) in [6.45, 7) is 0. The maximum Gasteiger partial charge on any atom is 0.290 e. The third-order valence-corrected chi connectivity index (χ3v) is 3.49. The number of carbonyl (C=O) groups excluding carboxylic acids is 1. The molecule has 0 aromatic heterocycles. The van der Waals surface area contributed by atoms with Crippen molar-refractivity contribution < 1.29 is 14.3 Å². The van der Waals surface area contributed by atoms with E-state index < -0.39 is 11.5 Å². The Kier molecular flexibility index (Phi) is 3.40. The van der Waals surface area contributed by atoms with Crippen LogP contribution in [-0.2, 0) is 14.3 Å². The van der Waals surface area contributed by atoms with Gasteiger partial charge in [-0.3, -0.25) is 4.79 Å². The van der Waals surface area contributed by atoms with Gasteiger partial charge < -0.3 is 9.47 Å². The normalized spacial score (nSPS) is 32.6. The topological polar surface area (TPSA) is 35.5 Å². The summed E-state index contributed by atoms with van der Waals surface area (Å²) in [4.78, 5) is 11.3. The summed E-state index contributed by atoms with van der Waals surface area (Å²) in [5.74, 6) is 0. The lowest BCUT2D eigenvalue weighted by atomic mass is 9.87. The number of fused-ring (bicyclic) bond motifs is 2. The number of rotatable bonds is 1. The average molecular weight is 277 g/mol. The van der Waals surface area contributed by atoms with Gasteiger partial charge in [-0.25, -0.2) is 0 Å². The van der Waals surface area contributed by atoms with Gasteiger partial charge in [0.15, 0.2) is 0 Å². The number of hydrogen-bond acceptors (Lipinski definition) is 3. The van der Waals surface area contributed by atoms with Gasteiger partial charge in [0, 0.05) is 5.57 Å². The Labute approximate surface area is 116 Å². The van der Waals surface area contributed by atoms with Crippen LogP contribution in [0.3, 0.4) is 0 Å². The predicted octanol–water partition coefficient (Wildman–Crippen LogP) is 3.15. The highest BCUT2D eigenvalue weighted by atomic mass is 35.5. The summed E-state index contributed by atoms with van der Waals surface area (Å²) in [7, 11) is 0. The van der Waals surface area contributed by atoms with E-state index in [0.29, 0.717) is 0 Å². The Morgan fingerprint density at radius 1 is 1.32 bits per heavy atom. The molecule has 98 valence electrons. The number of carbonyl (C=O) groups is 1. The Morgan fingerprint density at radius 2 is 2.21 bits per heavy atom. The van der Waals surface area contributed by atoms with E-state index in [2.05, 4.69) is 6.08 Å². The molecule has 0 aromatic rings. The smallest absolute Gasteiger partial charge is 0.290 e. The molecular weight excluding hydrogens is 264 g/mol. The fraction of sp³-hybridized carbons (Fsp3) is 0.267. The van der Waals surface area contributed by atoms with Crippen LogP contribution in [0.1, 0.15) is 12.8 Å². The zero-order valence-corrected chi connectivity index (χ0v) is 11.0. The minimum Gasteiger partial charge on any atom is -0.463 e. The summed E-state index contributed by atoms with van der Waals surface area (Å²) in [6, 6.07) is 0. The molecule has 19 heavy (non-hydrogen) atoms. The minimum absolute atomic E-state index is 0.289. The Hall–Kier alpha value is -1.58. The summed E-state index contributed by atoms with van der Waals surface area (Å²) in [5.41, 5.74) is 3.26. The van der Waals surface area contributed by atoms with Crippen molar-refractivity contribution in [1.82, 2.24) is 0 Å². The zero-order chi connectivity index (χ0) is 13.2. The van der Waals surface area contributed by atoms with E-state index in [9.17, 15) is 4.79 Å². The molecule has 1 heterocycles. The van der Waals surface area contributed by atoms with Crippen LogP contribution in [0, 0.1) is 0 Å². The van der Waals surface area contributed by atoms with E-state index in [1.54, 1.807) is 6.26 Å². The van der Waals surface area contributed by atoms with Crippen molar-refractivity contribution >= 4 is 16.8 Å². The Balaban J connectivity index is 2.06. The predicted molar refractivity (Wildman–Crippen MR) is 72.4 cm³/mol. The summed E-state index contributed by atoms with van der Waals surface area (Å²) in [6.07, 6.45) is 14.0. The molecule has 0 aromatic carbocycles. The van der Waals surface area contributed by atoms with Gasteiger partial charge in [-0.1, -0.05) is 36.5 Å². The van der Waals surface area contributed by atoms with E-state index in [4.69, 9.17) is 21.1 Å². The van der Waals surface area contributed by atoms with Crippen LogP contribution in [0.15, 0.2) is 59.4 Å². The third kappa shape index (κ3) is 2.44. The van der Waals surface area contributed by atoms with Crippen molar-refractivity contribution in [2.45, 2.75) is 25.2 Å². The fourth-order valence-corrected chi connectivity index (χ4v) is 2.53. The lowest BCUT2D eigenvalue weighted by Crippen LogP contribution is -2.30. The second kappa shape index (κ2) is 5.19. The van der Waals surface area contributed by atoms with Gasteiger partial charge in [0.1, 0.15) is 6.10 Å². The van der Waals surface area contributed by atoms with Crippen LogP contribution in [0.2, 0.25) is 0 Å². The molecule has 2 unspecified atom stereocenters. The maximum atomic E-state index is 11.3. The standard InChI is InChI=1S/C15H13ClO3/c16-14(17)15-18-9-10-5-1-2-6-11(10)12-7-3-4-8-13(12)19-15/h1,3-5,7-9,13,15H,2,6H2/b10-9?,12-11-. The molecule has 0 bridgehead atoms. The first-order valence-corrected chi connectivity index (χ1v) is 6.59. The molecule has 0 N–H and O–H groups in total. The second-order valence-electron chi connectivity index (χ2n) is 4.52. The number of ether oxygens (including phenoxy) is 2. The van der Waals surface area contributed by atoms with Gasteiger partial charge in [0.05, 0.1) is 6.26 Å². The molecule has 0 spiro atoms. The SMILES string of the molecule is O=C(Cl)C1OC=C2C=CCC/C2=C2\C=CC=CC2O1. The summed E-state index contributed by atoms with van der Waals surface area (Å²) in [5, 5.41) is -0.651. The molecule has 3 aliphatic rings. The molecule has 2 atom stereocenters. The highest BCUT2D eigenvalue weighted by Gasteiger charge is 2.28. The van der Waals surface area contributed by atoms with Crippen LogP contribution < -0.4 is 0 Å². The largest absolute Gasteiger partial charge is 0.463 e. The molecule has 0 fully saturated rings.